The van der Waals surface area contributed by atoms with Crippen LogP contribution in [0.4, 0.5) is 10.1 Å². The van der Waals surface area contributed by atoms with Crippen molar-refractivity contribution in [2.75, 3.05) is 24.6 Å². The molecule has 2 rings (SSSR count). The van der Waals surface area contributed by atoms with E-state index in [0.717, 1.165) is 10.4 Å². The first-order valence-electron chi connectivity index (χ1n) is 7.99. The summed E-state index contributed by atoms with van der Waals surface area (Å²) in [6.45, 7) is 2.75. The number of carbonyl (C=O) groups excluding carboxylic acids is 1. The zero-order valence-electron chi connectivity index (χ0n) is 15.0. The largest absolute Gasteiger partial charge is 0.494 e. The summed E-state index contributed by atoms with van der Waals surface area (Å²) in [5, 5.41) is 0.331. The van der Waals surface area contributed by atoms with E-state index in [1.807, 2.05) is 0 Å². The van der Waals surface area contributed by atoms with Crippen molar-refractivity contribution >= 4 is 33.3 Å². The first kappa shape index (κ1) is 21.0. The molecule has 0 amide bonds. The lowest BCUT2D eigenvalue weighted by atomic mass is 10.2. The van der Waals surface area contributed by atoms with Crippen LogP contribution in [0, 0.1) is 12.7 Å². The number of hydrogen-bond donors (Lipinski definition) is 0. The molecule has 0 spiro atoms. The number of ether oxygens (including phenoxy) is 2. The minimum absolute atomic E-state index is 0.0928. The summed E-state index contributed by atoms with van der Waals surface area (Å²) in [6.07, 6.45) is 0. The van der Waals surface area contributed by atoms with Gasteiger partial charge in [-0.2, -0.15) is 0 Å². The predicted molar refractivity (Wildman–Crippen MR) is 100 cm³/mol. The SMILES string of the molecule is CCOC(=O)CN(c1cccc(Cl)c1C)S(=O)(=O)c1ccc(OC)c(F)c1. The van der Waals surface area contributed by atoms with Crippen LogP contribution in [0.2, 0.25) is 5.02 Å². The monoisotopic (exact) mass is 415 g/mol. The standard InChI is InChI=1S/C18H19ClFNO5S/c1-4-26-18(22)11-21(16-7-5-6-14(19)12(16)2)27(23,24)13-8-9-17(25-3)15(20)10-13/h5-10H,4,11H2,1-3H3. The number of nitrogens with zero attached hydrogens (tertiary/aromatic N) is 1. The molecule has 0 N–H and O–H groups in total. The lowest BCUT2D eigenvalue weighted by Gasteiger charge is -2.25. The van der Waals surface area contributed by atoms with E-state index in [4.69, 9.17) is 21.1 Å². The minimum Gasteiger partial charge on any atom is -0.494 e. The Morgan fingerprint density at radius 1 is 1.26 bits per heavy atom. The van der Waals surface area contributed by atoms with Crippen LogP contribution in [-0.4, -0.2) is 34.6 Å². The maximum atomic E-state index is 14.1. The van der Waals surface area contributed by atoms with Gasteiger partial charge in [-0.05, 0) is 49.7 Å². The van der Waals surface area contributed by atoms with E-state index in [-0.39, 0.29) is 22.9 Å². The van der Waals surface area contributed by atoms with Crippen molar-refractivity contribution in [3.63, 3.8) is 0 Å². The molecule has 0 fully saturated rings. The van der Waals surface area contributed by atoms with E-state index in [9.17, 15) is 17.6 Å². The summed E-state index contributed by atoms with van der Waals surface area (Å²) in [5.74, 6) is -1.67. The molecule has 9 heteroatoms. The molecular formula is C18H19ClFNO5S. The maximum absolute atomic E-state index is 14.1. The van der Waals surface area contributed by atoms with Crippen LogP contribution in [0.3, 0.4) is 0 Å². The Balaban J connectivity index is 2.59. The average Bonchev–Trinajstić information content (AvgIpc) is 2.62. The normalized spacial score (nSPS) is 11.1. The van der Waals surface area contributed by atoms with Gasteiger partial charge in [-0.15, -0.1) is 0 Å². The molecule has 2 aromatic rings. The quantitative estimate of drug-likeness (QED) is 0.646. The van der Waals surface area contributed by atoms with Crippen molar-refractivity contribution in [3.05, 3.63) is 52.8 Å². The second-order valence-corrected chi connectivity index (χ2v) is 7.77. The lowest BCUT2D eigenvalue weighted by Crippen LogP contribution is -2.37. The van der Waals surface area contributed by atoms with Crippen molar-refractivity contribution in [2.24, 2.45) is 0 Å². The highest BCUT2D eigenvalue weighted by molar-refractivity contribution is 7.92. The second kappa shape index (κ2) is 8.58. The Bertz CT molecular complexity index is 949. The molecule has 0 aliphatic heterocycles. The maximum Gasteiger partial charge on any atom is 0.326 e. The molecule has 0 unspecified atom stereocenters. The van der Waals surface area contributed by atoms with E-state index in [1.54, 1.807) is 26.0 Å². The summed E-state index contributed by atoms with van der Waals surface area (Å²) >= 11 is 6.10. The number of rotatable bonds is 7. The first-order chi connectivity index (χ1) is 12.7. The molecule has 0 radical (unpaired) electrons. The van der Waals surface area contributed by atoms with E-state index in [0.29, 0.717) is 10.6 Å². The molecule has 2 aromatic carbocycles. The van der Waals surface area contributed by atoms with Gasteiger partial charge in [-0.3, -0.25) is 9.10 Å². The first-order valence-corrected chi connectivity index (χ1v) is 9.81. The van der Waals surface area contributed by atoms with Gasteiger partial charge < -0.3 is 9.47 Å². The van der Waals surface area contributed by atoms with Crippen LogP contribution in [-0.2, 0) is 19.6 Å². The topological polar surface area (TPSA) is 72.9 Å². The third kappa shape index (κ3) is 4.51. The van der Waals surface area contributed by atoms with Gasteiger partial charge in [0.05, 0.1) is 24.3 Å². The molecule has 0 heterocycles. The number of sulfonamides is 1. The molecule has 0 aliphatic carbocycles. The Hall–Kier alpha value is -2.32. The van der Waals surface area contributed by atoms with Gasteiger partial charge in [-0.1, -0.05) is 17.7 Å². The van der Waals surface area contributed by atoms with E-state index in [1.165, 1.54) is 25.3 Å². The number of halogens is 2. The number of anilines is 1. The zero-order chi connectivity index (χ0) is 20.2. The lowest BCUT2D eigenvalue weighted by molar-refractivity contribution is -0.141. The molecule has 0 bridgehead atoms. The van der Waals surface area contributed by atoms with E-state index in [2.05, 4.69) is 0 Å². The zero-order valence-corrected chi connectivity index (χ0v) is 16.6. The van der Waals surface area contributed by atoms with Crippen molar-refractivity contribution in [3.8, 4) is 5.75 Å². The Kier molecular flexibility index (Phi) is 6.67. The Morgan fingerprint density at radius 3 is 2.56 bits per heavy atom. The molecular weight excluding hydrogens is 397 g/mol. The van der Waals surface area contributed by atoms with Gasteiger partial charge in [0.1, 0.15) is 6.54 Å². The van der Waals surface area contributed by atoms with Crippen LogP contribution >= 0.6 is 11.6 Å². The third-order valence-electron chi connectivity index (χ3n) is 3.80. The van der Waals surface area contributed by atoms with Gasteiger partial charge in [0, 0.05) is 5.02 Å². The third-order valence-corrected chi connectivity index (χ3v) is 5.96. The molecule has 0 atom stereocenters. The van der Waals surface area contributed by atoms with Gasteiger partial charge in [0.2, 0.25) is 0 Å². The average molecular weight is 416 g/mol. The van der Waals surface area contributed by atoms with Crippen LogP contribution in [0.25, 0.3) is 0 Å². The molecule has 27 heavy (non-hydrogen) atoms. The van der Waals surface area contributed by atoms with Crippen LogP contribution in [0.5, 0.6) is 5.75 Å². The fraction of sp³-hybridized carbons (Fsp3) is 0.278. The fourth-order valence-electron chi connectivity index (χ4n) is 2.42. The Labute approximate surface area is 162 Å². The van der Waals surface area contributed by atoms with E-state index >= 15 is 0 Å². The van der Waals surface area contributed by atoms with Gasteiger partial charge in [-0.25, -0.2) is 12.8 Å². The van der Waals surface area contributed by atoms with Crippen molar-refractivity contribution in [2.45, 2.75) is 18.7 Å². The molecule has 146 valence electrons. The summed E-state index contributed by atoms with van der Waals surface area (Å²) in [7, 11) is -3.00. The van der Waals surface area contributed by atoms with Crippen molar-refractivity contribution in [1.82, 2.24) is 0 Å². The van der Waals surface area contributed by atoms with Crippen LogP contribution in [0.1, 0.15) is 12.5 Å². The highest BCUT2D eigenvalue weighted by Crippen LogP contribution is 2.32. The molecule has 0 saturated carbocycles. The summed E-state index contributed by atoms with van der Waals surface area (Å²) < 4.78 is 50.9. The summed E-state index contributed by atoms with van der Waals surface area (Å²) in [5.41, 5.74) is 0.660. The molecule has 0 aliphatic rings. The van der Waals surface area contributed by atoms with Crippen LogP contribution < -0.4 is 9.04 Å². The molecule has 0 aromatic heterocycles. The number of esters is 1. The van der Waals surface area contributed by atoms with Gasteiger partial charge >= 0.3 is 5.97 Å². The fourth-order valence-corrected chi connectivity index (χ4v) is 4.07. The predicted octanol–water partition coefficient (Wildman–Crippen LogP) is 3.55. The van der Waals surface area contributed by atoms with Crippen LogP contribution in [0.15, 0.2) is 41.3 Å². The number of hydrogen-bond acceptors (Lipinski definition) is 5. The smallest absolute Gasteiger partial charge is 0.326 e. The van der Waals surface area contributed by atoms with Crippen molar-refractivity contribution in [1.29, 1.82) is 0 Å². The highest BCUT2D eigenvalue weighted by Gasteiger charge is 2.30. The van der Waals surface area contributed by atoms with Crippen molar-refractivity contribution < 1.29 is 27.1 Å². The highest BCUT2D eigenvalue weighted by atomic mass is 35.5. The summed E-state index contributed by atoms with van der Waals surface area (Å²) in [6, 6.07) is 7.92. The molecule has 6 nitrogen and oxygen atoms in total. The summed E-state index contributed by atoms with van der Waals surface area (Å²) in [4.78, 5) is 11.7. The second-order valence-electron chi connectivity index (χ2n) is 5.50. The van der Waals surface area contributed by atoms with Gasteiger partial charge in [0.25, 0.3) is 10.0 Å². The Morgan fingerprint density at radius 2 is 1.96 bits per heavy atom. The molecule has 0 saturated heterocycles. The minimum atomic E-state index is -4.28. The number of methoxy groups -OCH3 is 1. The van der Waals surface area contributed by atoms with E-state index < -0.39 is 28.4 Å². The number of carbonyl (C=O) groups is 1. The number of benzene rings is 2. The van der Waals surface area contributed by atoms with Gasteiger partial charge in [0.15, 0.2) is 11.6 Å².